The van der Waals surface area contributed by atoms with Crippen LogP contribution in [0.4, 0.5) is 0 Å². The number of ether oxygens (including phenoxy) is 1. The number of benzene rings is 2. The Kier molecular flexibility index (Phi) is 3.53. The summed E-state index contributed by atoms with van der Waals surface area (Å²) in [6, 6.07) is 13.7. The Morgan fingerprint density at radius 1 is 0.889 bits per heavy atom. The van der Waals surface area contributed by atoms with E-state index < -0.39 is 7.60 Å². The van der Waals surface area contributed by atoms with E-state index >= 15 is 0 Å². The van der Waals surface area contributed by atoms with E-state index in [1.54, 1.807) is 19.2 Å². The fraction of sp³-hybridized carbons (Fsp3) is 0.0769. The highest BCUT2D eigenvalue weighted by atomic mass is 31.2. The van der Waals surface area contributed by atoms with E-state index in [1.807, 2.05) is 24.3 Å². The smallest absolute Gasteiger partial charge is 0.356 e. The Hall–Kier alpha value is -1.61. The van der Waals surface area contributed by atoms with Gasteiger partial charge in [-0.3, -0.25) is 4.57 Å². The van der Waals surface area contributed by atoms with Crippen molar-refractivity contribution in [2.45, 2.75) is 0 Å². The molecule has 0 saturated heterocycles. The topological polar surface area (TPSA) is 66.8 Å². The summed E-state index contributed by atoms with van der Waals surface area (Å²) in [5.41, 5.74) is 1.86. The van der Waals surface area contributed by atoms with Crippen LogP contribution in [-0.4, -0.2) is 16.9 Å². The predicted octanol–water partition coefficient (Wildman–Crippen LogP) is 2.17. The molecule has 0 amide bonds. The van der Waals surface area contributed by atoms with Gasteiger partial charge < -0.3 is 14.5 Å². The third-order valence-corrected chi connectivity index (χ3v) is 3.60. The van der Waals surface area contributed by atoms with Crippen molar-refractivity contribution in [1.29, 1.82) is 0 Å². The fourth-order valence-electron chi connectivity index (χ4n) is 1.63. The quantitative estimate of drug-likeness (QED) is 0.834. The van der Waals surface area contributed by atoms with Crippen molar-refractivity contribution in [3.63, 3.8) is 0 Å². The molecule has 0 heterocycles. The van der Waals surface area contributed by atoms with Crippen LogP contribution in [0.3, 0.4) is 0 Å². The van der Waals surface area contributed by atoms with Crippen LogP contribution >= 0.6 is 7.60 Å². The molecule has 2 aromatic rings. The molecule has 94 valence electrons. The molecule has 0 fully saturated rings. The lowest BCUT2D eigenvalue weighted by molar-refractivity contribution is 0.387. The zero-order valence-corrected chi connectivity index (χ0v) is 10.7. The molecular weight excluding hydrogens is 251 g/mol. The maximum Gasteiger partial charge on any atom is 0.356 e. The highest BCUT2D eigenvalue weighted by Gasteiger charge is 2.16. The van der Waals surface area contributed by atoms with E-state index in [4.69, 9.17) is 14.5 Å². The Morgan fingerprint density at radius 3 is 1.72 bits per heavy atom. The summed E-state index contributed by atoms with van der Waals surface area (Å²) in [6.45, 7) is 0. The molecule has 2 rings (SSSR count). The molecule has 0 aliphatic carbocycles. The van der Waals surface area contributed by atoms with Gasteiger partial charge in [0.25, 0.3) is 0 Å². The van der Waals surface area contributed by atoms with Crippen molar-refractivity contribution in [2.24, 2.45) is 0 Å². The van der Waals surface area contributed by atoms with Crippen LogP contribution in [0.25, 0.3) is 11.1 Å². The summed E-state index contributed by atoms with van der Waals surface area (Å²) in [7, 11) is -2.56. The number of rotatable bonds is 3. The number of hydrogen-bond acceptors (Lipinski definition) is 2. The molecule has 0 atom stereocenters. The second-order valence-corrected chi connectivity index (χ2v) is 5.42. The maximum atomic E-state index is 11.0. The van der Waals surface area contributed by atoms with Gasteiger partial charge in [-0.1, -0.05) is 24.3 Å². The van der Waals surface area contributed by atoms with E-state index in [2.05, 4.69) is 0 Å². The van der Waals surface area contributed by atoms with Gasteiger partial charge in [0, 0.05) is 0 Å². The molecule has 0 unspecified atom stereocenters. The minimum Gasteiger partial charge on any atom is -0.497 e. The van der Waals surface area contributed by atoms with Gasteiger partial charge in [-0.2, -0.15) is 0 Å². The third kappa shape index (κ3) is 2.79. The van der Waals surface area contributed by atoms with Crippen LogP contribution in [0.1, 0.15) is 0 Å². The highest BCUT2D eigenvalue weighted by Crippen LogP contribution is 2.33. The van der Waals surface area contributed by atoms with Crippen LogP contribution in [-0.2, 0) is 4.57 Å². The third-order valence-electron chi connectivity index (χ3n) is 2.63. The average molecular weight is 264 g/mol. The van der Waals surface area contributed by atoms with Gasteiger partial charge in [0.05, 0.1) is 12.4 Å². The summed E-state index contributed by atoms with van der Waals surface area (Å²) in [5.74, 6) is 0.769. The van der Waals surface area contributed by atoms with Gasteiger partial charge in [0.15, 0.2) is 0 Å². The minimum absolute atomic E-state index is 0.0276. The molecule has 0 aromatic heterocycles. The lowest BCUT2D eigenvalue weighted by Crippen LogP contribution is -2.02. The molecule has 0 spiro atoms. The monoisotopic (exact) mass is 264 g/mol. The highest BCUT2D eigenvalue weighted by molar-refractivity contribution is 7.60. The van der Waals surface area contributed by atoms with Gasteiger partial charge in [0.2, 0.25) is 0 Å². The second-order valence-electron chi connectivity index (χ2n) is 3.82. The van der Waals surface area contributed by atoms with E-state index in [-0.39, 0.29) is 5.30 Å². The number of hydrogen-bond donors (Lipinski definition) is 2. The van der Waals surface area contributed by atoms with Crippen molar-refractivity contribution in [2.75, 3.05) is 7.11 Å². The molecule has 5 heteroatoms. The lowest BCUT2D eigenvalue weighted by Gasteiger charge is -2.06. The largest absolute Gasteiger partial charge is 0.497 e. The molecule has 2 N–H and O–H groups in total. The van der Waals surface area contributed by atoms with Crippen LogP contribution in [0.2, 0.25) is 0 Å². The van der Waals surface area contributed by atoms with Crippen molar-refractivity contribution in [3.05, 3.63) is 48.5 Å². The molecule has 0 radical (unpaired) electrons. The van der Waals surface area contributed by atoms with Crippen LogP contribution in [0, 0.1) is 0 Å². The average Bonchev–Trinajstić information content (AvgIpc) is 2.38. The van der Waals surface area contributed by atoms with Gasteiger partial charge in [-0.15, -0.1) is 0 Å². The van der Waals surface area contributed by atoms with Gasteiger partial charge in [-0.25, -0.2) is 0 Å². The molecule has 0 aliphatic heterocycles. The molecule has 0 saturated carbocycles. The first-order valence-corrected chi connectivity index (χ1v) is 6.92. The van der Waals surface area contributed by atoms with E-state index in [0.717, 1.165) is 16.9 Å². The zero-order chi connectivity index (χ0) is 13.2. The minimum atomic E-state index is -4.16. The summed E-state index contributed by atoms with van der Waals surface area (Å²) in [6.07, 6.45) is 0. The van der Waals surface area contributed by atoms with Crippen LogP contribution in [0.15, 0.2) is 48.5 Å². The van der Waals surface area contributed by atoms with Crippen molar-refractivity contribution in [3.8, 4) is 16.9 Å². The van der Waals surface area contributed by atoms with Gasteiger partial charge in [-0.05, 0) is 35.4 Å². The SMILES string of the molecule is COc1ccc(-c2ccc(P(=O)(O)O)cc2)cc1. The normalized spacial score (nSPS) is 11.3. The Labute approximate surface area is 105 Å². The van der Waals surface area contributed by atoms with Crippen LogP contribution in [0.5, 0.6) is 5.75 Å². The standard InChI is InChI=1S/C13H13O4P/c1-17-12-6-2-10(3-7-12)11-4-8-13(9-5-11)18(14,15)16/h2-9H,1H3,(H2,14,15,16). The van der Waals surface area contributed by atoms with Crippen LogP contribution < -0.4 is 10.0 Å². The lowest BCUT2D eigenvalue weighted by atomic mass is 10.1. The molecule has 2 aromatic carbocycles. The first kappa shape index (κ1) is 12.8. The van der Waals surface area contributed by atoms with Crippen molar-refractivity contribution in [1.82, 2.24) is 0 Å². The molecular formula is C13H13O4P. The summed E-state index contributed by atoms with van der Waals surface area (Å²) >= 11 is 0. The first-order valence-electron chi connectivity index (χ1n) is 5.31. The van der Waals surface area contributed by atoms with Gasteiger partial charge >= 0.3 is 7.60 Å². The summed E-state index contributed by atoms with van der Waals surface area (Å²) < 4.78 is 16.1. The van der Waals surface area contributed by atoms with E-state index in [1.165, 1.54) is 12.1 Å². The Bertz CT molecular complexity index is 569. The predicted molar refractivity (Wildman–Crippen MR) is 70.1 cm³/mol. The molecule has 4 nitrogen and oxygen atoms in total. The molecule has 0 aliphatic rings. The van der Waals surface area contributed by atoms with E-state index in [9.17, 15) is 4.57 Å². The molecule has 18 heavy (non-hydrogen) atoms. The van der Waals surface area contributed by atoms with Crippen molar-refractivity contribution < 1.29 is 19.1 Å². The first-order chi connectivity index (χ1) is 8.50. The van der Waals surface area contributed by atoms with Crippen molar-refractivity contribution >= 4 is 12.9 Å². The number of methoxy groups -OCH3 is 1. The fourth-order valence-corrected chi connectivity index (χ4v) is 2.17. The maximum absolute atomic E-state index is 11.0. The Morgan fingerprint density at radius 2 is 1.33 bits per heavy atom. The molecule has 0 bridgehead atoms. The van der Waals surface area contributed by atoms with Gasteiger partial charge in [0.1, 0.15) is 5.75 Å². The Balaban J connectivity index is 2.31. The van der Waals surface area contributed by atoms with E-state index in [0.29, 0.717) is 0 Å². The summed E-state index contributed by atoms with van der Waals surface area (Å²) in [5, 5.41) is 0.0276. The zero-order valence-electron chi connectivity index (χ0n) is 9.78. The second kappa shape index (κ2) is 4.94. The summed E-state index contributed by atoms with van der Waals surface area (Å²) in [4.78, 5) is 18.0.